The van der Waals surface area contributed by atoms with E-state index < -0.39 is 0 Å². The molecule has 1 rings (SSSR count). The van der Waals surface area contributed by atoms with Gasteiger partial charge in [0, 0.05) is 12.7 Å². The largest absolute Gasteiger partial charge is 0.338 e. The number of aryl methyl sites for hydroxylation is 1. The number of aromatic nitrogens is 1. The summed E-state index contributed by atoms with van der Waals surface area (Å²) in [5, 5.41) is 5.47. The number of hydrogen-bond acceptors (Lipinski definition) is 2. The van der Waals surface area contributed by atoms with Crippen LogP contribution in [0.5, 0.6) is 0 Å². The van der Waals surface area contributed by atoms with Gasteiger partial charge in [-0.25, -0.2) is 9.78 Å². The summed E-state index contributed by atoms with van der Waals surface area (Å²) in [5.41, 5.74) is 0.956. The third kappa shape index (κ3) is 3.97. The molecule has 0 aromatic carbocycles. The quantitative estimate of drug-likeness (QED) is 0.798. The Balaban J connectivity index is 2.48. The molecule has 1 aromatic heterocycles. The van der Waals surface area contributed by atoms with Crippen LogP contribution in [-0.4, -0.2) is 17.6 Å². The number of anilines is 1. The molecular weight excluding hydrogens is 190 g/mol. The highest BCUT2D eigenvalue weighted by Crippen LogP contribution is 2.08. The Bertz CT molecular complexity index is 336. The predicted octanol–water partition coefficient (Wildman–Crippen LogP) is 2.17. The molecule has 2 amide bonds. The highest BCUT2D eigenvalue weighted by molar-refractivity contribution is 5.88. The lowest BCUT2D eigenvalue weighted by atomic mass is 10.2. The van der Waals surface area contributed by atoms with Crippen molar-refractivity contribution >= 4 is 11.8 Å². The summed E-state index contributed by atoms with van der Waals surface area (Å²) in [4.78, 5) is 15.5. The number of amides is 2. The summed E-state index contributed by atoms with van der Waals surface area (Å²) in [5.74, 6) is 1.05. The molecule has 2 N–H and O–H groups in total. The first kappa shape index (κ1) is 11.5. The molecule has 15 heavy (non-hydrogen) atoms. The SMILES string of the molecule is Cc1cccnc1NC(=O)NCC(C)C. The molecule has 4 nitrogen and oxygen atoms in total. The fourth-order valence-corrected chi connectivity index (χ4v) is 1.07. The monoisotopic (exact) mass is 207 g/mol. The molecule has 0 atom stereocenters. The lowest BCUT2D eigenvalue weighted by Gasteiger charge is -2.09. The number of urea groups is 1. The number of carbonyl (C=O) groups is 1. The number of nitrogens with zero attached hydrogens (tertiary/aromatic N) is 1. The number of nitrogens with one attached hydrogen (secondary N) is 2. The van der Waals surface area contributed by atoms with Crippen molar-refractivity contribution in [3.63, 3.8) is 0 Å². The maximum atomic E-state index is 11.4. The van der Waals surface area contributed by atoms with Crippen molar-refractivity contribution in [1.82, 2.24) is 10.3 Å². The van der Waals surface area contributed by atoms with E-state index in [0.717, 1.165) is 5.56 Å². The predicted molar refractivity (Wildman–Crippen MR) is 60.8 cm³/mol. The zero-order valence-corrected chi connectivity index (χ0v) is 9.37. The number of rotatable bonds is 3. The zero-order valence-electron chi connectivity index (χ0n) is 9.37. The van der Waals surface area contributed by atoms with Crippen molar-refractivity contribution in [3.8, 4) is 0 Å². The minimum atomic E-state index is -0.203. The third-order valence-electron chi connectivity index (χ3n) is 1.91. The second-order valence-corrected chi connectivity index (χ2v) is 3.90. The van der Waals surface area contributed by atoms with Crippen LogP contribution in [-0.2, 0) is 0 Å². The van der Waals surface area contributed by atoms with Gasteiger partial charge in [-0.1, -0.05) is 19.9 Å². The van der Waals surface area contributed by atoms with Gasteiger partial charge in [-0.05, 0) is 24.5 Å². The van der Waals surface area contributed by atoms with E-state index >= 15 is 0 Å². The van der Waals surface area contributed by atoms with Crippen LogP contribution in [0.4, 0.5) is 10.6 Å². The summed E-state index contributed by atoms with van der Waals surface area (Å²) in [7, 11) is 0. The minimum Gasteiger partial charge on any atom is -0.338 e. The van der Waals surface area contributed by atoms with Crippen molar-refractivity contribution in [1.29, 1.82) is 0 Å². The molecule has 82 valence electrons. The molecule has 0 aliphatic heterocycles. The van der Waals surface area contributed by atoms with Crippen LogP contribution in [0.1, 0.15) is 19.4 Å². The molecule has 1 heterocycles. The van der Waals surface area contributed by atoms with Crippen LogP contribution in [0.2, 0.25) is 0 Å². The van der Waals surface area contributed by atoms with Crippen LogP contribution in [0.15, 0.2) is 18.3 Å². The van der Waals surface area contributed by atoms with Crippen molar-refractivity contribution in [2.75, 3.05) is 11.9 Å². The second-order valence-electron chi connectivity index (χ2n) is 3.90. The molecule has 4 heteroatoms. The fourth-order valence-electron chi connectivity index (χ4n) is 1.07. The summed E-state index contributed by atoms with van der Waals surface area (Å²) >= 11 is 0. The molecule has 0 unspecified atom stereocenters. The highest BCUT2D eigenvalue weighted by atomic mass is 16.2. The average Bonchev–Trinajstić information content (AvgIpc) is 2.18. The Kier molecular flexibility index (Phi) is 4.09. The van der Waals surface area contributed by atoms with Gasteiger partial charge in [0.25, 0.3) is 0 Å². The lowest BCUT2D eigenvalue weighted by Crippen LogP contribution is -2.32. The topological polar surface area (TPSA) is 54.0 Å². The first-order valence-electron chi connectivity index (χ1n) is 5.06. The maximum Gasteiger partial charge on any atom is 0.320 e. The van der Waals surface area contributed by atoms with Gasteiger partial charge in [-0.2, -0.15) is 0 Å². The van der Waals surface area contributed by atoms with Gasteiger partial charge in [0.2, 0.25) is 0 Å². The molecule has 0 saturated carbocycles. The van der Waals surface area contributed by atoms with Crippen LogP contribution in [0, 0.1) is 12.8 Å². The molecule has 0 bridgehead atoms. The van der Waals surface area contributed by atoms with Crippen LogP contribution in [0.25, 0.3) is 0 Å². The van der Waals surface area contributed by atoms with Gasteiger partial charge < -0.3 is 5.32 Å². The van der Waals surface area contributed by atoms with E-state index in [-0.39, 0.29) is 6.03 Å². The van der Waals surface area contributed by atoms with Crippen molar-refractivity contribution in [3.05, 3.63) is 23.9 Å². The second kappa shape index (κ2) is 5.34. The summed E-state index contributed by atoms with van der Waals surface area (Å²) < 4.78 is 0. The minimum absolute atomic E-state index is 0.203. The first-order valence-corrected chi connectivity index (χ1v) is 5.06. The Morgan fingerprint density at radius 2 is 2.27 bits per heavy atom. The number of carbonyl (C=O) groups excluding carboxylic acids is 1. The van der Waals surface area contributed by atoms with Gasteiger partial charge >= 0.3 is 6.03 Å². The average molecular weight is 207 g/mol. The van der Waals surface area contributed by atoms with E-state index in [9.17, 15) is 4.79 Å². The van der Waals surface area contributed by atoms with Crippen molar-refractivity contribution in [2.24, 2.45) is 5.92 Å². The molecule has 0 fully saturated rings. The summed E-state index contributed by atoms with van der Waals surface area (Å²) in [6.45, 7) is 6.67. The smallest absolute Gasteiger partial charge is 0.320 e. The van der Waals surface area contributed by atoms with E-state index in [1.54, 1.807) is 6.20 Å². The Labute approximate surface area is 90.1 Å². The van der Waals surface area contributed by atoms with Gasteiger partial charge in [-0.15, -0.1) is 0 Å². The molecule has 1 aromatic rings. The summed E-state index contributed by atoms with van der Waals surface area (Å²) in [6, 6.07) is 3.54. The Morgan fingerprint density at radius 1 is 1.53 bits per heavy atom. The number of pyridine rings is 1. The standard InChI is InChI=1S/C11H17N3O/c1-8(2)7-13-11(15)14-10-9(3)5-4-6-12-10/h4-6,8H,7H2,1-3H3,(H2,12,13,14,15). The zero-order chi connectivity index (χ0) is 11.3. The molecule has 0 aliphatic carbocycles. The van der Waals surface area contributed by atoms with Gasteiger partial charge in [0.15, 0.2) is 0 Å². The maximum absolute atomic E-state index is 11.4. The van der Waals surface area contributed by atoms with Gasteiger partial charge in [0.1, 0.15) is 5.82 Å². The molecule has 0 saturated heterocycles. The molecular formula is C11H17N3O. The van der Waals surface area contributed by atoms with Crippen LogP contribution < -0.4 is 10.6 Å². The van der Waals surface area contributed by atoms with Crippen molar-refractivity contribution < 1.29 is 4.79 Å². The van der Waals surface area contributed by atoms with Gasteiger partial charge in [0.05, 0.1) is 0 Å². The van der Waals surface area contributed by atoms with Gasteiger partial charge in [-0.3, -0.25) is 5.32 Å². The van der Waals surface area contributed by atoms with E-state index in [2.05, 4.69) is 15.6 Å². The number of hydrogen-bond donors (Lipinski definition) is 2. The normalized spacial score (nSPS) is 10.1. The Morgan fingerprint density at radius 3 is 2.87 bits per heavy atom. The van der Waals surface area contributed by atoms with E-state index in [4.69, 9.17) is 0 Å². The first-order chi connectivity index (χ1) is 7.09. The molecule has 0 radical (unpaired) electrons. The van der Waals surface area contributed by atoms with Crippen LogP contribution >= 0.6 is 0 Å². The van der Waals surface area contributed by atoms with E-state index in [1.807, 2.05) is 32.9 Å². The molecule has 0 spiro atoms. The van der Waals surface area contributed by atoms with E-state index in [0.29, 0.717) is 18.3 Å². The lowest BCUT2D eigenvalue weighted by molar-refractivity contribution is 0.251. The summed E-state index contributed by atoms with van der Waals surface area (Å²) in [6.07, 6.45) is 1.66. The molecule has 0 aliphatic rings. The van der Waals surface area contributed by atoms with Crippen molar-refractivity contribution in [2.45, 2.75) is 20.8 Å². The highest BCUT2D eigenvalue weighted by Gasteiger charge is 2.04. The van der Waals surface area contributed by atoms with Crippen LogP contribution in [0.3, 0.4) is 0 Å². The Hall–Kier alpha value is -1.58. The van der Waals surface area contributed by atoms with E-state index in [1.165, 1.54) is 0 Å². The fraction of sp³-hybridized carbons (Fsp3) is 0.455. The third-order valence-corrected chi connectivity index (χ3v) is 1.91.